The molecule has 8 heteroatoms. The lowest BCUT2D eigenvalue weighted by Crippen LogP contribution is -2.30. The Hall–Kier alpha value is -2.05. The zero-order chi connectivity index (χ0) is 18.7. The molecule has 0 spiro atoms. The maximum absolute atomic E-state index is 13.7. The van der Waals surface area contributed by atoms with E-state index in [1.165, 1.54) is 24.4 Å². The summed E-state index contributed by atoms with van der Waals surface area (Å²) >= 11 is 12.1. The van der Waals surface area contributed by atoms with Crippen LogP contribution in [0.5, 0.6) is 5.75 Å². The molecule has 1 unspecified atom stereocenters. The molecular weight excluding hydrogens is 368 g/mol. The summed E-state index contributed by atoms with van der Waals surface area (Å²) in [7, 11) is 0. The smallest absolute Gasteiger partial charge is 0.253 e. The number of halogens is 3. The number of rotatable bonds is 5. The third-order valence-corrected chi connectivity index (χ3v) is 4.07. The first-order chi connectivity index (χ1) is 11.7. The molecule has 1 amide bonds. The second-order valence-electron chi connectivity index (χ2n) is 5.75. The van der Waals surface area contributed by atoms with E-state index in [1.54, 1.807) is 6.92 Å². The number of benzene rings is 1. The summed E-state index contributed by atoms with van der Waals surface area (Å²) in [4.78, 5) is 16.1. The number of nitrogen functional groups attached to an aromatic ring is 1. The Morgan fingerprint density at radius 1 is 1.32 bits per heavy atom. The summed E-state index contributed by atoms with van der Waals surface area (Å²) < 4.78 is 19.4. The van der Waals surface area contributed by atoms with Gasteiger partial charge in [-0.1, -0.05) is 23.2 Å². The summed E-state index contributed by atoms with van der Waals surface area (Å²) in [6.07, 6.45) is 0.649. The molecule has 0 radical (unpaired) electrons. The van der Waals surface area contributed by atoms with Crippen LogP contribution >= 0.6 is 23.2 Å². The van der Waals surface area contributed by atoms with Crippen molar-refractivity contribution in [3.8, 4) is 5.75 Å². The molecule has 0 saturated carbocycles. The zero-order valence-electron chi connectivity index (χ0n) is 13.9. The maximum atomic E-state index is 13.7. The van der Waals surface area contributed by atoms with Gasteiger partial charge in [-0.2, -0.15) is 0 Å². The Morgan fingerprint density at radius 2 is 2.00 bits per heavy atom. The van der Waals surface area contributed by atoms with Crippen molar-refractivity contribution in [1.29, 1.82) is 0 Å². The van der Waals surface area contributed by atoms with Crippen molar-refractivity contribution in [2.75, 3.05) is 5.73 Å². The highest BCUT2D eigenvalue weighted by Gasteiger charge is 2.20. The van der Waals surface area contributed by atoms with Gasteiger partial charge in [0.25, 0.3) is 5.91 Å². The molecule has 0 aliphatic carbocycles. The molecule has 0 aliphatic rings. The lowest BCUT2D eigenvalue weighted by Gasteiger charge is -2.19. The average molecular weight is 386 g/mol. The number of ether oxygens (including phenoxy) is 1. The standard InChI is InChI=1S/C17H18Cl2FN3O2/c1-8(2)23-17(24)10-6-13(16(21)22-7-10)25-9(3)14-11(18)4-5-12(20)15(14)19/h4-9H,1-3H3,(H2,21,22)(H,23,24). The highest BCUT2D eigenvalue weighted by molar-refractivity contribution is 6.36. The summed E-state index contributed by atoms with van der Waals surface area (Å²) in [6.45, 7) is 5.33. The van der Waals surface area contributed by atoms with Gasteiger partial charge in [-0.3, -0.25) is 4.79 Å². The van der Waals surface area contributed by atoms with E-state index in [9.17, 15) is 9.18 Å². The molecule has 0 saturated heterocycles. The number of amides is 1. The molecule has 1 heterocycles. The largest absolute Gasteiger partial charge is 0.482 e. The Bertz CT molecular complexity index is 800. The lowest BCUT2D eigenvalue weighted by molar-refractivity contribution is 0.0942. The Balaban J connectivity index is 2.31. The normalized spacial score (nSPS) is 12.1. The number of carbonyl (C=O) groups is 1. The predicted octanol–water partition coefficient (Wildman–Crippen LogP) is 4.39. The van der Waals surface area contributed by atoms with E-state index in [0.29, 0.717) is 11.1 Å². The molecule has 0 fully saturated rings. The second kappa shape index (κ2) is 7.89. The fourth-order valence-corrected chi connectivity index (χ4v) is 2.86. The average Bonchev–Trinajstić information content (AvgIpc) is 2.52. The van der Waals surface area contributed by atoms with E-state index >= 15 is 0 Å². The second-order valence-corrected chi connectivity index (χ2v) is 6.54. The number of nitrogens with one attached hydrogen (secondary N) is 1. The first-order valence-electron chi connectivity index (χ1n) is 7.57. The molecule has 0 bridgehead atoms. The molecule has 2 rings (SSSR count). The van der Waals surface area contributed by atoms with E-state index in [1.807, 2.05) is 13.8 Å². The Kier molecular flexibility index (Phi) is 6.08. The van der Waals surface area contributed by atoms with E-state index in [4.69, 9.17) is 33.7 Å². The topological polar surface area (TPSA) is 77.2 Å². The van der Waals surface area contributed by atoms with Gasteiger partial charge in [0.15, 0.2) is 11.6 Å². The third kappa shape index (κ3) is 4.52. The zero-order valence-corrected chi connectivity index (χ0v) is 15.5. The van der Waals surface area contributed by atoms with Crippen molar-refractivity contribution in [3.05, 3.63) is 51.4 Å². The predicted molar refractivity (Wildman–Crippen MR) is 96.7 cm³/mol. The van der Waals surface area contributed by atoms with Crippen molar-refractivity contribution in [2.24, 2.45) is 0 Å². The molecule has 1 aromatic heterocycles. The minimum atomic E-state index is -0.705. The van der Waals surface area contributed by atoms with E-state index in [2.05, 4.69) is 10.3 Å². The number of aromatic nitrogens is 1. The highest BCUT2D eigenvalue weighted by Crippen LogP contribution is 2.35. The molecule has 1 atom stereocenters. The van der Waals surface area contributed by atoms with Crippen LogP contribution in [0.1, 0.15) is 42.8 Å². The van der Waals surface area contributed by atoms with Crippen LogP contribution in [-0.2, 0) is 0 Å². The molecule has 5 nitrogen and oxygen atoms in total. The first-order valence-corrected chi connectivity index (χ1v) is 8.32. The van der Waals surface area contributed by atoms with Crippen molar-refractivity contribution in [2.45, 2.75) is 32.9 Å². The molecule has 1 aromatic carbocycles. The number of carbonyl (C=O) groups excluding carboxylic acids is 1. The van der Waals surface area contributed by atoms with Crippen LogP contribution in [0.3, 0.4) is 0 Å². The van der Waals surface area contributed by atoms with E-state index in [0.717, 1.165) is 0 Å². The van der Waals surface area contributed by atoms with Gasteiger partial charge in [0, 0.05) is 22.8 Å². The van der Waals surface area contributed by atoms with Crippen LogP contribution in [0.2, 0.25) is 10.0 Å². The summed E-state index contributed by atoms with van der Waals surface area (Å²) in [5.41, 5.74) is 6.40. The van der Waals surface area contributed by atoms with Crippen LogP contribution in [-0.4, -0.2) is 16.9 Å². The van der Waals surface area contributed by atoms with Gasteiger partial charge in [-0.05, 0) is 39.0 Å². The quantitative estimate of drug-likeness (QED) is 0.748. The maximum Gasteiger partial charge on any atom is 0.253 e. The van der Waals surface area contributed by atoms with E-state index < -0.39 is 11.9 Å². The van der Waals surface area contributed by atoms with E-state index in [-0.39, 0.29) is 33.6 Å². The van der Waals surface area contributed by atoms with Gasteiger partial charge in [0.05, 0.1) is 10.6 Å². The van der Waals surface area contributed by atoms with Crippen molar-refractivity contribution in [3.63, 3.8) is 0 Å². The van der Waals surface area contributed by atoms with Gasteiger partial charge in [-0.15, -0.1) is 0 Å². The minimum Gasteiger partial charge on any atom is -0.482 e. The first kappa shape index (κ1) is 19.3. The number of anilines is 1. The van der Waals surface area contributed by atoms with Gasteiger partial charge in [0.1, 0.15) is 11.9 Å². The van der Waals surface area contributed by atoms with Crippen molar-refractivity contribution in [1.82, 2.24) is 10.3 Å². The fraction of sp³-hybridized carbons (Fsp3) is 0.294. The summed E-state index contributed by atoms with van der Waals surface area (Å²) in [5, 5.41) is 2.89. The van der Waals surface area contributed by atoms with Crippen LogP contribution in [0.15, 0.2) is 24.4 Å². The Morgan fingerprint density at radius 3 is 2.64 bits per heavy atom. The molecule has 0 aliphatic heterocycles. The molecule has 25 heavy (non-hydrogen) atoms. The SMILES string of the molecule is CC(C)NC(=O)c1cnc(N)c(OC(C)c2c(Cl)ccc(F)c2Cl)c1. The third-order valence-electron chi connectivity index (χ3n) is 3.35. The lowest BCUT2D eigenvalue weighted by atomic mass is 10.1. The minimum absolute atomic E-state index is 0.0294. The number of hydrogen-bond acceptors (Lipinski definition) is 4. The molecule has 2 aromatic rings. The summed E-state index contributed by atoms with van der Waals surface area (Å²) in [5.74, 6) is -0.633. The molecule has 134 valence electrons. The Labute approximate surface area is 155 Å². The van der Waals surface area contributed by atoms with Crippen LogP contribution < -0.4 is 15.8 Å². The van der Waals surface area contributed by atoms with Crippen molar-refractivity contribution >= 4 is 34.9 Å². The fourth-order valence-electron chi connectivity index (χ4n) is 2.18. The van der Waals surface area contributed by atoms with Gasteiger partial charge in [-0.25, -0.2) is 9.37 Å². The highest BCUT2D eigenvalue weighted by atomic mass is 35.5. The number of hydrogen-bond donors (Lipinski definition) is 2. The van der Waals surface area contributed by atoms with Crippen LogP contribution in [0.4, 0.5) is 10.2 Å². The van der Waals surface area contributed by atoms with Crippen LogP contribution in [0.25, 0.3) is 0 Å². The number of nitrogens with two attached hydrogens (primary N) is 1. The van der Waals surface area contributed by atoms with Crippen molar-refractivity contribution < 1.29 is 13.9 Å². The number of nitrogens with zero attached hydrogens (tertiary/aromatic N) is 1. The van der Waals surface area contributed by atoms with Gasteiger partial charge in [0.2, 0.25) is 0 Å². The molecular formula is C17H18Cl2FN3O2. The molecule has 3 N–H and O–H groups in total. The van der Waals surface area contributed by atoms with Gasteiger partial charge < -0.3 is 15.8 Å². The van der Waals surface area contributed by atoms with Crippen LogP contribution in [0, 0.1) is 5.82 Å². The monoisotopic (exact) mass is 385 g/mol. The summed E-state index contributed by atoms with van der Waals surface area (Å²) in [6, 6.07) is 4.01. The van der Waals surface area contributed by atoms with Gasteiger partial charge >= 0.3 is 0 Å². The number of pyridine rings is 1.